The molecule has 0 amide bonds. The highest BCUT2D eigenvalue weighted by Gasteiger charge is 2.17. The summed E-state index contributed by atoms with van der Waals surface area (Å²) >= 11 is 5.29. The van der Waals surface area contributed by atoms with Gasteiger partial charge >= 0.3 is 0 Å². The van der Waals surface area contributed by atoms with Crippen LogP contribution in [-0.4, -0.2) is 11.6 Å². The van der Waals surface area contributed by atoms with Gasteiger partial charge in [0.25, 0.3) is 0 Å². The summed E-state index contributed by atoms with van der Waals surface area (Å²) in [6.07, 6.45) is 8.28. The number of halogens is 1. The van der Waals surface area contributed by atoms with E-state index in [0.717, 1.165) is 67.5 Å². The molecule has 0 saturated carbocycles. The van der Waals surface area contributed by atoms with Gasteiger partial charge in [-0.15, -0.1) is 11.3 Å². The standard InChI is InChI=1S/C59H51BrN2OS/c60-50-34-38-53(39-35-50)62(51-26-16-8-17-27-51)52-36-32-49(33-37-52)59-61-55-41-40-54(43-56(55)64-59)63-42-18-4-2-1-3-9-19-44-28-30-48(31-29-44)58(47-24-14-7-15-25-47)57(45-20-10-5-11-21-45)46-22-12-6-13-23-46/h5-8,10-17,20-41,43H,1-4,9,18-19,42H2. The van der Waals surface area contributed by atoms with Crippen LogP contribution in [0, 0.1) is 0 Å². The van der Waals surface area contributed by atoms with Crippen molar-refractivity contribution in [1.82, 2.24) is 4.98 Å². The van der Waals surface area contributed by atoms with Gasteiger partial charge in [0.15, 0.2) is 0 Å². The number of thiazole rings is 1. The quantitative estimate of drug-likeness (QED) is 0.0633. The normalized spacial score (nSPS) is 11.1. The molecule has 1 aromatic heterocycles. The molecule has 9 rings (SSSR count). The van der Waals surface area contributed by atoms with Gasteiger partial charge in [-0.1, -0.05) is 175 Å². The van der Waals surface area contributed by atoms with Crippen LogP contribution in [0.25, 0.3) is 31.9 Å². The highest BCUT2D eigenvalue weighted by atomic mass is 79.9. The highest BCUT2D eigenvalue weighted by Crippen LogP contribution is 2.39. The van der Waals surface area contributed by atoms with Crippen molar-refractivity contribution in [2.45, 2.75) is 44.9 Å². The minimum Gasteiger partial charge on any atom is -0.494 e. The van der Waals surface area contributed by atoms with E-state index < -0.39 is 0 Å². The van der Waals surface area contributed by atoms with E-state index in [1.54, 1.807) is 11.3 Å². The van der Waals surface area contributed by atoms with Crippen LogP contribution in [0.3, 0.4) is 0 Å². The lowest BCUT2D eigenvalue weighted by molar-refractivity contribution is 0.304. The lowest BCUT2D eigenvalue weighted by Crippen LogP contribution is -2.09. The molecule has 5 heteroatoms. The number of unbranched alkanes of at least 4 members (excludes halogenated alkanes) is 5. The molecular weight excluding hydrogens is 865 g/mol. The first-order valence-electron chi connectivity index (χ1n) is 22.4. The third kappa shape index (κ3) is 10.6. The Bertz CT molecular complexity index is 2840. The number of nitrogens with zero attached hydrogens (tertiary/aromatic N) is 2. The Balaban J connectivity index is 0.746. The third-order valence-corrected chi connectivity index (χ3v) is 13.2. The van der Waals surface area contributed by atoms with E-state index in [-0.39, 0.29) is 0 Å². The summed E-state index contributed by atoms with van der Waals surface area (Å²) in [4.78, 5) is 7.25. The van der Waals surface area contributed by atoms with E-state index in [1.807, 2.05) is 0 Å². The third-order valence-electron chi connectivity index (χ3n) is 11.6. The minimum atomic E-state index is 0.733. The summed E-state index contributed by atoms with van der Waals surface area (Å²) in [6, 6.07) is 75.6. The molecule has 3 nitrogen and oxygen atoms in total. The Kier molecular flexibility index (Phi) is 14.2. The Morgan fingerprint density at radius 1 is 0.469 bits per heavy atom. The number of benzene rings is 8. The van der Waals surface area contributed by atoms with Gasteiger partial charge in [0.1, 0.15) is 10.8 Å². The average Bonchev–Trinajstić information content (AvgIpc) is 3.79. The van der Waals surface area contributed by atoms with Gasteiger partial charge in [-0.05, 0) is 137 Å². The molecule has 0 bridgehead atoms. The van der Waals surface area contributed by atoms with E-state index >= 15 is 0 Å². The zero-order chi connectivity index (χ0) is 43.3. The van der Waals surface area contributed by atoms with Crippen LogP contribution >= 0.6 is 27.3 Å². The van der Waals surface area contributed by atoms with Crippen molar-refractivity contribution in [3.8, 4) is 16.3 Å². The Labute approximate surface area is 390 Å². The molecule has 64 heavy (non-hydrogen) atoms. The highest BCUT2D eigenvalue weighted by molar-refractivity contribution is 9.10. The molecule has 316 valence electrons. The first-order chi connectivity index (χ1) is 31.7. The van der Waals surface area contributed by atoms with Crippen molar-refractivity contribution in [3.05, 3.63) is 245 Å². The molecule has 0 fully saturated rings. The number of hydrogen-bond acceptors (Lipinski definition) is 4. The van der Waals surface area contributed by atoms with Crippen LogP contribution in [0.4, 0.5) is 17.1 Å². The van der Waals surface area contributed by atoms with Gasteiger partial charge in [-0.25, -0.2) is 4.98 Å². The van der Waals surface area contributed by atoms with Crippen LogP contribution < -0.4 is 9.64 Å². The zero-order valence-corrected chi connectivity index (χ0v) is 38.4. The number of para-hydroxylation sites is 1. The topological polar surface area (TPSA) is 25.4 Å². The first kappa shape index (κ1) is 42.8. The second-order valence-corrected chi connectivity index (χ2v) is 18.1. The molecular formula is C59H51BrN2OS. The fourth-order valence-electron chi connectivity index (χ4n) is 8.38. The van der Waals surface area contributed by atoms with Crippen molar-refractivity contribution < 1.29 is 4.74 Å². The molecule has 0 saturated heterocycles. The lowest BCUT2D eigenvalue weighted by atomic mass is 9.85. The monoisotopic (exact) mass is 914 g/mol. The largest absolute Gasteiger partial charge is 0.494 e. The van der Waals surface area contributed by atoms with Gasteiger partial charge in [-0.3, -0.25) is 0 Å². The molecule has 0 spiro atoms. The molecule has 1 heterocycles. The van der Waals surface area contributed by atoms with E-state index in [1.165, 1.54) is 71.1 Å². The second kappa shape index (κ2) is 21.2. The van der Waals surface area contributed by atoms with Crippen LogP contribution in [0.2, 0.25) is 0 Å². The van der Waals surface area contributed by atoms with Crippen LogP contribution in [0.15, 0.2) is 217 Å². The second-order valence-electron chi connectivity index (χ2n) is 16.1. The number of aromatic nitrogens is 1. The summed E-state index contributed by atoms with van der Waals surface area (Å²) in [5.41, 5.74) is 14.2. The summed E-state index contributed by atoms with van der Waals surface area (Å²) in [5, 5.41) is 1.01. The van der Waals surface area contributed by atoms with Gasteiger partial charge in [0, 0.05) is 27.1 Å². The van der Waals surface area contributed by atoms with Crippen LogP contribution in [0.5, 0.6) is 5.75 Å². The molecule has 0 aliphatic rings. The Hall–Kier alpha value is -6.53. The number of fused-ring (bicyclic) bond motifs is 1. The predicted molar refractivity (Wildman–Crippen MR) is 275 cm³/mol. The van der Waals surface area contributed by atoms with E-state index in [0.29, 0.717) is 0 Å². The average molecular weight is 916 g/mol. The number of ether oxygens (including phenoxy) is 1. The maximum atomic E-state index is 6.23. The fraction of sp³-hybridized carbons (Fsp3) is 0.136. The van der Waals surface area contributed by atoms with Crippen LogP contribution in [-0.2, 0) is 6.42 Å². The van der Waals surface area contributed by atoms with Crippen LogP contribution in [0.1, 0.15) is 66.3 Å². The molecule has 8 aromatic carbocycles. The van der Waals surface area contributed by atoms with Crippen molar-refractivity contribution in [2.75, 3.05) is 11.5 Å². The summed E-state index contributed by atoms with van der Waals surface area (Å²) in [7, 11) is 0. The lowest BCUT2D eigenvalue weighted by Gasteiger charge is -2.25. The van der Waals surface area contributed by atoms with E-state index in [4.69, 9.17) is 9.72 Å². The number of hydrogen-bond donors (Lipinski definition) is 0. The number of anilines is 3. The van der Waals surface area contributed by atoms with Crippen molar-refractivity contribution in [2.24, 2.45) is 0 Å². The number of rotatable bonds is 18. The smallest absolute Gasteiger partial charge is 0.124 e. The van der Waals surface area contributed by atoms with Crippen molar-refractivity contribution in [1.29, 1.82) is 0 Å². The Morgan fingerprint density at radius 3 is 1.53 bits per heavy atom. The summed E-state index contributed by atoms with van der Waals surface area (Å²) in [6.45, 7) is 0.733. The number of aryl methyl sites for hydroxylation is 1. The summed E-state index contributed by atoms with van der Waals surface area (Å²) < 4.78 is 8.44. The molecule has 0 aliphatic carbocycles. The predicted octanol–water partition coefficient (Wildman–Crippen LogP) is 17.2. The van der Waals surface area contributed by atoms with Crippen molar-refractivity contribution >= 4 is 65.7 Å². The van der Waals surface area contributed by atoms with Crippen molar-refractivity contribution in [3.63, 3.8) is 0 Å². The molecule has 0 aliphatic heterocycles. The van der Waals surface area contributed by atoms with E-state index in [2.05, 4.69) is 233 Å². The summed E-state index contributed by atoms with van der Waals surface area (Å²) in [5.74, 6) is 0.916. The molecule has 0 N–H and O–H groups in total. The van der Waals surface area contributed by atoms with Gasteiger partial charge in [-0.2, -0.15) is 0 Å². The van der Waals surface area contributed by atoms with Gasteiger partial charge in [0.05, 0.1) is 16.8 Å². The first-order valence-corrected chi connectivity index (χ1v) is 24.0. The molecule has 0 atom stereocenters. The Morgan fingerprint density at radius 2 is 0.953 bits per heavy atom. The maximum absolute atomic E-state index is 6.23. The molecule has 9 aromatic rings. The fourth-order valence-corrected chi connectivity index (χ4v) is 9.64. The SMILES string of the molecule is Brc1ccc(N(c2ccccc2)c2ccc(-c3nc4ccc(OCCCCCCCCc5ccc(C(=C(c6ccccc6)c6ccccc6)c6ccccc6)cc5)cc4s3)cc2)cc1. The van der Waals surface area contributed by atoms with E-state index in [9.17, 15) is 0 Å². The molecule has 0 radical (unpaired) electrons. The van der Waals surface area contributed by atoms with Gasteiger partial charge < -0.3 is 9.64 Å². The minimum absolute atomic E-state index is 0.733. The maximum Gasteiger partial charge on any atom is 0.124 e. The zero-order valence-electron chi connectivity index (χ0n) is 36.0. The van der Waals surface area contributed by atoms with Gasteiger partial charge in [0.2, 0.25) is 0 Å². The molecule has 0 unspecified atom stereocenters.